The van der Waals surface area contributed by atoms with Gasteiger partial charge in [0.2, 0.25) is 10.0 Å². The molecule has 0 unspecified atom stereocenters. The quantitative estimate of drug-likeness (QED) is 0.773. The Labute approximate surface area is 140 Å². The van der Waals surface area contributed by atoms with Crippen molar-refractivity contribution in [2.24, 2.45) is 5.14 Å². The van der Waals surface area contributed by atoms with Crippen molar-refractivity contribution in [2.45, 2.75) is 17.9 Å². The smallest absolute Gasteiger partial charge is 0.238 e. The molecule has 4 N–H and O–H groups in total. The molecule has 7 heteroatoms. The molecule has 0 saturated carbocycles. The van der Waals surface area contributed by atoms with Gasteiger partial charge >= 0.3 is 0 Å². The van der Waals surface area contributed by atoms with E-state index in [0.717, 1.165) is 30.6 Å². The fraction of sp³-hybridized carbons (Fsp3) is 0.200. The van der Waals surface area contributed by atoms with Gasteiger partial charge in [-0.2, -0.15) is 0 Å². The SMILES string of the molecule is NS(=O)(=O)c1ccc(CC[NH2+]Cc2cccc(Cl)c2Cl)cc1. The predicted octanol–water partition coefficient (Wildman–Crippen LogP) is 1.95. The minimum atomic E-state index is -3.62. The molecule has 2 rings (SSSR count). The molecule has 0 saturated heterocycles. The highest BCUT2D eigenvalue weighted by Gasteiger charge is 2.08. The largest absolute Gasteiger partial charge is 0.342 e. The molecular formula is C15H17Cl2N2O2S+. The van der Waals surface area contributed by atoms with Gasteiger partial charge in [0.05, 0.1) is 21.5 Å². The van der Waals surface area contributed by atoms with E-state index >= 15 is 0 Å². The fourth-order valence-corrected chi connectivity index (χ4v) is 2.99. The first-order valence-corrected chi connectivity index (χ1v) is 9.04. The highest BCUT2D eigenvalue weighted by molar-refractivity contribution is 7.89. The van der Waals surface area contributed by atoms with Crippen LogP contribution in [0.1, 0.15) is 11.1 Å². The maximum absolute atomic E-state index is 11.2. The molecule has 0 aliphatic heterocycles. The summed E-state index contributed by atoms with van der Waals surface area (Å²) in [5, 5.41) is 8.35. The molecule has 0 aromatic heterocycles. The Bertz CT molecular complexity index is 747. The number of quaternary nitrogens is 1. The van der Waals surface area contributed by atoms with Crippen LogP contribution in [0.3, 0.4) is 0 Å². The summed E-state index contributed by atoms with van der Waals surface area (Å²) >= 11 is 12.1. The van der Waals surface area contributed by atoms with E-state index < -0.39 is 10.0 Å². The standard InChI is InChI=1S/C15H16Cl2N2O2S/c16-14-3-1-2-12(15(14)17)10-19-9-8-11-4-6-13(7-5-11)22(18,20)21/h1-7,19H,8-10H2,(H2,18,20,21)/p+1. The Balaban J connectivity index is 1.85. The normalized spacial score (nSPS) is 11.6. The van der Waals surface area contributed by atoms with E-state index in [9.17, 15) is 8.42 Å². The Morgan fingerprint density at radius 3 is 2.36 bits per heavy atom. The fourth-order valence-electron chi connectivity index (χ4n) is 2.08. The lowest BCUT2D eigenvalue weighted by Gasteiger charge is -2.06. The zero-order valence-electron chi connectivity index (χ0n) is 11.8. The molecule has 0 amide bonds. The van der Waals surface area contributed by atoms with Crippen molar-refractivity contribution in [3.63, 3.8) is 0 Å². The minimum absolute atomic E-state index is 0.130. The molecule has 22 heavy (non-hydrogen) atoms. The zero-order chi connectivity index (χ0) is 16.2. The topological polar surface area (TPSA) is 76.8 Å². The number of primary sulfonamides is 1. The zero-order valence-corrected chi connectivity index (χ0v) is 14.1. The van der Waals surface area contributed by atoms with Crippen molar-refractivity contribution in [3.8, 4) is 0 Å². The summed E-state index contributed by atoms with van der Waals surface area (Å²) < 4.78 is 22.3. The first kappa shape index (κ1) is 17.2. The van der Waals surface area contributed by atoms with Gasteiger partial charge in [0.25, 0.3) is 0 Å². The molecule has 0 bridgehead atoms. The number of hydrogen-bond donors (Lipinski definition) is 2. The van der Waals surface area contributed by atoms with E-state index in [4.69, 9.17) is 28.3 Å². The molecule has 118 valence electrons. The minimum Gasteiger partial charge on any atom is -0.342 e. The average Bonchev–Trinajstić information content (AvgIpc) is 2.47. The number of nitrogens with two attached hydrogens (primary N) is 2. The van der Waals surface area contributed by atoms with E-state index in [1.807, 2.05) is 12.1 Å². The van der Waals surface area contributed by atoms with Crippen LogP contribution in [0, 0.1) is 0 Å². The van der Waals surface area contributed by atoms with Gasteiger partial charge in [0, 0.05) is 12.0 Å². The van der Waals surface area contributed by atoms with E-state index in [2.05, 4.69) is 5.32 Å². The van der Waals surface area contributed by atoms with Crippen LogP contribution in [0.4, 0.5) is 0 Å². The van der Waals surface area contributed by atoms with Crippen LogP contribution in [0.25, 0.3) is 0 Å². The molecule has 0 heterocycles. The molecule has 0 aliphatic rings. The van der Waals surface area contributed by atoms with Crippen molar-refractivity contribution >= 4 is 33.2 Å². The van der Waals surface area contributed by atoms with E-state index in [-0.39, 0.29) is 4.90 Å². The molecule has 0 radical (unpaired) electrons. The van der Waals surface area contributed by atoms with Crippen molar-refractivity contribution in [3.05, 3.63) is 63.6 Å². The second-order valence-corrected chi connectivity index (χ2v) is 7.28. The molecule has 4 nitrogen and oxygen atoms in total. The van der Waals surface area contributed by atoms with Gasteiger partial charge in [-0.15, -0.1) is 0 Å². The number of rotatable bonds is 6. The van der Waals surface area contributed by atoms with Crippen LogP contribution in [0.2, 0.25) is 10.0 Å². The van der Waals surface area contributed by atoms with Gasteiger partial charge in [-0.1, -0.05) is 47.5 Å². The van der Waals surface area contributed by atoms with Crippen LogP contribution in [0.15, 0.2) is 47.4 Å². The van der Waals surface area contributed by atoms with Crippen molar-refractivity contribution in [1.82, 2.24) is 0 Å². The van der Waals surface area contributed by atoms with Gasteiger partial charge in [-0.05, 0) is 23.8 Å². The lowest BCUT2D eigenvalue weighted by atomic mass is 10.1. The van der Waals surface area contributed by atoms with Gasteiger partial charge in [0.15, 0.2) is 0 Å². The number of sulfonamides is 1. The maximum Gasteiger partial charge on any atom is 0.238 e. The Morgan fingerprint density at radius 2 is 1.73 bits per heavy atom. The first-order valence-electron chi connectivity index (χ1n) is 6.74. The molecule has 0 aliphatic carbocycles. The van der Waals surface area contributed by atoms with Crippen LogP contribution in [0.5, 0.6) is 0 Å². The molecule has 2 aromatic carbocycles. The summed E-state index contributed by atoms with van der Waals surface area (Å²) in [6.45, 7) is 1.60. The van der Waals surface area contributed by atoms with E-state index in [1.165, 1.54) is 12.1 Å². The molecule has 2 aromatic rings. The summed E-state index contributed by atoms with van der Waals surface area (Å²) in [6.07, 6.45) is 0.823. The van der Waals surface area contributed by atoms with Gasteiger partial charge < -0.3 is 5.32 Å². The summed E-state index contributed by atoms with van der Waals surface area (Å²) in [5.74, 6) is 0. The van der Waals surface area contributed by atoms with Crippen LogP contribution in [-0.4, -0.2) is 15.0 Å². The lowest BCUT2D eigenvalue weighted by molar-refractivity contribution is -0.670. The average molecular weight is 360 g/mol. The Hall–Kier alpha value is -1.11. The highest BCUT2D eigenvalue weighted by atomic mass is 35.5. The highest BCUT2D eigenvalue weighted by Crippen LogP contribution is 2.24. The number of benzene rings is 2. The van der Waals surface area contributed by atoms with Gasteiger partial charge in [-0.3, -0.25) is 0 Å². The summed E-state index contributed by atoms with van der Waals surface area (Å²) in [5.41, 5.74) is 2.06. The third-order valence-corrected chi connectivity index (χ3v) is 5.07. The predicted molar refractivity (Wildman–Crippen MR) is 88.5 cm³/mol. The molecule has 0 fully saturated rings. The van der Waals surface area contributed by atoms with E-state index in [1.54, 1.807) is 18.2 Å². The molecule has 0 atom stereocenters. The van der Waals surface area contributed by atoms with E-state index in [0.29, 0.717) is 10.0 Å². The van der Waals surface area contributed by atoms with Crippen molar-refractivity contribution in [1.29, 1.82) is 0 Å². The third-order valence-electron chi connectivity index (χ3n) is 3.28. The monoisotopic (exact) mass is 359 g/mol. The van der Waals surface area contributed by atoms with Crippen molar-refractivity contribution in [2.75, 3.05) is 6.54 Å². The van der Waals surface area contributed by atoms with Gasteiger partial charge in [-0.25, -0.2) is 13.6 Å². The lowest BCUT2D eigenvalue weighted by Crippen LogP contribution is -2.83. The van der Waals surface area contributed by atoms with Crippen LogP contribution < -0.4 is 10.5 Å². The summed E-state index contributed by atoms with van der Waals surface area (Å²) in [7, 11) is -3.62. The van der Waals surface area contributed by atoms with Crippen LogP contribution >= 0.6 is 23.2 Å². The molecule has 0 spiro atoms. The first-order chi connectivity index (χ1) is 10.4. The number of hydrogen-bond acceptors (Lipinski definition) is 2. The van der Waals surface area contributed by atoms with Gasteiger partial charge in [0.1, 0.15) is 6.54 Å². The second kappa shape index (κ2) is 7.44. The second-order valence-electron chi connectivity index (χ2n) is 4.93. The number of halogens is 2. The Kier molecular flexibility index (Phi) is 5.83. The summed E-state index contributed by atoms with van der Waals surface area (Å²) in [6, 6.07) is 12.2. The molecular weight excluding hydrogens is 343 g/mol. The van der Waals surface area contributed by atoms with Crippen molar-refractivity contribution < 1.29 is 13.7 Å². The van der Waals surface area contributed by atoms with Crippen LogP contribution in [-0.2, 0) is 23.0 Å². The Morgan fingerprint density at radius 1 is 1.05 bits per heavy atom. The summed E-state index contributed by atoms with van der Waals surface area (Å²) in [4.78, 5) is 0.130. The third kappa shape index (κ3) is 4.69. The maximum atomic E-state index is 11.2.